The minimum absolute atomic E-state index is 0.0992. The van der Waals surface area contributed by atoms with Crippen molar-refractivity contribution in [2.45, 2.75) is 30.5 Å². The van der Waals surface area contributed by atoms with Crippen LogP contribution in [0.4, 0.5) is 4.39 Å². The number of nitrogens with one attached hydrogen (secondary N) is 1. The predicted octanol–water partition coefficient (Wildman–Crippen LogP) is 4.00. The van der Waals surface area contributed by atoms with Crippen molar-refractivity contribution < 1.29 is 17.6 Å². The van der Waals surface area contributed by atoms with Gasteiger partial charge in [-0.2, -0.15) is 4.31 Å². The van der Waals surface area contributed by atoms with Crippen LogP contribution in [0.2, 0.25) is 0 Å². The van der Waals surface area contributed by atoms with Crippen molar-refractivity contribution in [3.63, 3.8) is 0 Å². The summed E-state index contributed by atoms with van der Waals surface area (Å²) in [5.74, 6) is -0.629. The maximum Gasteiger partial charge on any atom is 0.252 e. The van der Waals surface area contributed by atoms with Crippen LogP contribution in [0.5, 0.6) is 0 Å². The molecule has 5 nitrogen and oxygen atoms in total. The Balaban J connectivity index is 1.54. The van der Waals surface area contributed by atoms with Crippen molar-refractivity contribution in [1.29, 1.82) is 0 Å². The van der Waals surface area contributed by atoms with Gasteiger partial charge in [0.25, 0.3) is 10.0 Å². The molecule has 0 spiro atoms. The van der Waals surface area contributed by atoms with E-state index in [4.69, 9.17) is 0 Å². The summed E-state index contributed by atoms with van der Waals surface area (Å²) in [6.45, 7) is 2.79. The predicted molar refractivity (Wildman–Crippen MR) is 111 cm³/mol. The second-order valence-electron chi connectivity index (χ2n) is 6.90. The smallest absolute Gasteiger partial charge is 0.252 e. The van der Waals surface area contributed by atoms with Gasteiger partial charge in [0, 0.05) is 31.1 Å². The molecule has 1 aromatic heterocycles. The van der Waals surface area contributed by atoms with Gasteiger partial charge >= 0.3 is 0 Å². The molecule has 0 aliphatic carbocycles. The first-order chi connectivity index (χ1) is 13.3. The van der Waals surface area contributed by atoms with Crippen molar-refractivity contribution in [1.82, 2.24) is 9.62 Å². The van der Waals surface area contributed by atoms with Crippen molar-refractivity contribution >= 4 is 43.2 Å². The third-order valence-electron chi connectivity index (χ3n) is 5.17. The molecule has 2 aromatic rings. The molecule has 1 fully saturated rings. The van der Waals surface area contributed by atoms with Crippen LogP contribution >= 0.6 is 27.3 Å². The highest BCUT2D eigenvalue weighted by Gasteiger charge is 2.34. The minimum atomic E-state index is -3.48. The fraction of sp³-hybridized carbons (Fsp3) is 0.421. The van der Waals surface area contributed by atoms with Crippen LogP contribution < -0.4 is 5.32 Å². The Hall–Kier alpha value is -1.29. The first-order valence-electron chi connectivity index (χ1n) is 9.05. The molecule has 1 saturated heterocycles. The maximum atomic E-state index is 13.7. The quantitative estimate of drug-likeness (QED) is 0.667. The van der Waals surface area contributed by atoms with E-state index >= 15 is 0 Å². The summed E-state index contributed by atoms with van der Waals surface area (Å²) < 4.78 is 41.7. The van der Waals surface area contributed by atoms with Crippen LogP contribution in [0.1, 0.15) is 25.3 Å². The highest BCUT2D eigenvalue weighted by molar-refractivity contribution is 9.11. The highest BCUT2D eigenvalue weighted by Crippen LogP contribution is 2.32. The third-order valence-corrected chi connectivity index (χ3v) is 9.16. The number of halogens is 2. The van der Waals surface area contributed by atoms with E-state index in [9.17, 15) is 17.6 Å². The van der Waals surface area contributed by atoms with Crippen molar-refractivity contribution in [3.8, 4) is 0 Å². The number of sulfonamides is 1. The van der Waals surface area contributed by atoms with Gasteiger partial charge in [-0.3, -0.25) is 4.79 Å². The lowest BCUT2D eigenvalue weighted by Gasteiger charge is -2.33. The van der Waals surface area contributed by atoms with Gasteiger partial charge in [0.1, 0.15) is 10.0 Å². The van der Waals surface area contributed by atoms with E-state index in [2.05, 4.69) is 21.2 Å². The minimum Gasteiger partial charge on any atom is -0.352 e. The van der Waals surface area contributed by atoms with E-state index in [1.54, 1.807) is 30.3 Å². The van der Waals surface area contributed by atoms with Crippen LogP contribution in [0.25, 0.3) is 0 Å². The molecule has 1 unspecified atom stereocenters. The molecular weight excluding hydrogens is 467 g/mol. The molecule has 0 saturated carbocycles. The average molecular weight is 489 g/mol. The van der Waals surface area contributed by atoms with Crippen molar-refractivity contribution in [2.24, 2.45) is 11.8 Å². The largest absolute Gasteiger partial charge is 0.352 e. The number of benzene rings is 1. The fourth-order valence-electron chi connectivity index (χ4n) is 3.38. The Morgan fingerprint density at radius 1 is 1.29 bits per heavy atom. The SMILES string of the molecule is CC(C(=O)NCc1ccccc1F)C1CCN(S(=O)(=O)c2ccc(Br)s2)CC1. The van der Waals surface area contributed by atoms with Gasteiger partial charge in [0.15, 0.2) is 0 Å². The first kappa shape index (κ1) is 21.4. The molecule has 2 heterocycles. The van der Waals surface area contributed by atoms with Gasteiger partial charge in [0.2, 0.25) is 5.91 Å². The second kappa shape index (κ2) is 9.02. The lowest BCUT2D eigenvalue weighted by atomic mass is 9.85. The number of piperidine rings is 1. The fourth-order valence-corrected chi connectivity index (χ4v) is 7.01. The average Bonchev–Trinajstić information content (AvgIpc) is 3.14. The first-order valence-corrected chi connectivity index (χ1v) is 12.1. The lowest BCUT2D eigenvalue weighted by Crippen LogP contribution is -2.42. The van der Waals surface area contributed by atoms with E-state index in [0.29, 0.717) is 35.7 Å². The number of hydrogen-bond donors (Lipinski definition) is 1. The lowest BCUT2D eigenvalue weighted by molar-refractivity contribution is -0.126. The molecule has 1 aromatic carbocycles. The second-order valence-corrected chi connectivity index (χ2v) is 11.5. The van der Waals surface area contributed by atoms with E-state index in [0.717, 1.165) is 3.79 Å². The number of carbonyl (C=O) groups is 1. The Morgan fingerprint density at radius 3 is 2.57 bits per heavy atom. The standard InChI is InChI=1S/C19H22BrFN2O3S2/c1-13(19(24)22-12-15-4-2-3-5-16(15)21)14-8-10-23(11-9-14)28(25,26)18-7-6-17(20)27-18/h2-7,13-14H,8-12H2,1H3,(H,22,24). The van der Waals surface area contributed by atoms with E-state index in [1.807, 2.05) is 6.92 Å². The molecule has 0 radical (unpaired) electrons. The Labute approximate surface area is 177 Å². The molecule has 1 atom stereocenters. The van der Waals surface area contributed by atoms with Crippen molar-refractivity contribution in [3.05, 3.63) is 51.6 Å². The maximum absolute atomic E-state index is 13.7. The third kappa shape index (κ3) is 4.82. The number of hydrogen-bond acceptors (Lipinski definition) is 4. The molecule has 0 bridgehead atoms. The molecular formula is C19H22BrFN2O3S2. The Bertz CT molecular complexity index is 940. The van der Waals surface area contributed by atoms with E-state index in [1.165, 1.54) is 21.7 Å². The van der Waals surface area contributed by atoms with E-state index in [-0.39, 0.29) is 30.1 Å². The molecule has 3 rings (SSSR count). The number of carbonyl (C=O) groups excluding carboxylic acids is 1. The topological polar surface area (TPSA) is 66.5 Å². The zero-order chi connectivity index (χ0) is 20.3. The molecule has 1 N–H and O–H groups in total. The summed E-state index contributed by atoms with van der Waals surface area (Å²) in [5.41, 5.74) is 0.450. The summed E-state index contributed by atoms with van der Waals surface area (Å²) in [7, 11) is -3.48. The number of thiophene rings is 1. The van der Waals surface area contributed by atoms with Gasteiger partial charge in [-0.1, -0.05) is 25.1 Å². The van der Waals surface area contributed by atoms with Crippen molar-refractivity contribution in [2.75, 3.05) is 13.1 Å². The molecule has 9 heteroatoms. The van der Waals surface area contributed by atoms with Gasteiger partial charge in [0.05, 0.1) is 3.79 Å². The van der Waals surface area contributed by atoms with Crippen LogP contribution in [0, 0.1) is 17.7 Å². The van der Waals surface area contributed by atoms with Crippen LogP contribution in [-0.4, -0.2) is 31.7 Å². The summed E-state index contributed by atoms with van der Waals surface area (Å²) in [6, 6.07) is 9.69. The monoisotopic (exact) mass is 488 g/mol. The molecule has 1 aliphatic rings. The summed E-state index contributed by atoms with van der Waals surface area (Å²) in [4.78, 5) is 12.5. The summed E-state index contributed by atoms with van der Waals surface area (Å²) >= 11 is 4.50. The number of rotatable bonds is 6. The molecule has 1 aliphatic heterocycles. The summed E-state index contributed by atoms with van der Waals surface area (Å²) in [5, 5.41) is 2.79. The van der Waals surface area contributed by atoms with Crippen LogP contribution in [0.3, 0.4) is 0 Å². The number of amides is 1. The van der Waals surface area contributed by atoms with Gasteiger partial charge in [-0.15, -0.1) is 11.3 Å². The molecule has 28 heavy (non-hydrogen) atoms. The highest BCUT2D eigenvalue weighted by atomic mass is 79.9. The summed E-state index contributed by atoms with van der Waals surface area (Å²) in [6.07, 6.45) is 1.25. The molecule has 1 amide bonds. The van der Waals surface area contributed by atoms with Crippen LogP contribution in [-0.2, 0) is 21.4 Å². The zero-order valence-corrected chi connectivity index (χ0v) is 18.6. The van der Waals surface area contributed by atoms with Gasteiger partial charge < -0.3 is 5.32 Å². The number of nitrogens with zero attached hydrogens (tertiary/aromatic N) is 1. The Kier molecular flexibility index (Phi) is 6.90. The van der Waals surface area contributed by atoms with Gasteiger partial charge in [-0.25, -0.2) is 12.8 Å². The van der Waals surface area contributed by atoms with Gasteiger partial charge in [-0.05, 0) is 52.9 Å². The van der Waals surface area contributed by atoms with E-state index < -0.39 is 10.0 Å². The van der Waals surface area contributed by atoms with Crippen LogP contribution in [0.15, 0.2) is 44.4 Å². The normalized spacial score (nSPS) is 17.4. The Morgan fingerprint density at radius 2 is 1.96 bits per heavy atom. The zero-order valence-electron chi connectivity index (χ0n) is 15.4. The molecule has 152 valence electrons.